The summed E-state index contributed by atoms with van der Waals surface area (Å²) in [5.74, 6) is 2.40. The Hall–Kier alpha value is -1.20. The Labute approximate surface area is 113 Å². The van der Waals surface area contributed by atoms with Crippen molar-refractivity contribution in [1.82, 2.24) is 9.97 Å². The standard InChI is InChI=1S/C14H21N3O2/c1-2-15-14-11-9-19-8-5-12(11)16-13(17-14)10-3-6-18-7-4-10/h10H,2-9H2,1H3,(H,15,16,17). The number of nitrogens with zero attached hydrogens (tertiary/aromatic N) is 2. The molecule has 3 rings (SSSR count). The van der Waals surface area contributed by atoms with Crippen molar-refractivity contribution < 1.29 is 9.47 Å². The van der Waals surface area contributed by atoms with Crippen LogP contribution in [0.25, 0.3) is 0 Å². The lowest BCUT2D eigenvalue weighted by molar-refractivity contribution is 0.0830. The van der Waals surface area contributed by atoms with Crippen LogP contribution in [-0.4, -0.2) is 36.3 Å². The molecule has 0 saturated carbocycles. The van der Waals surface area contributed by atoms with Gasteiger partial charge in [0.25, 0.3) is 0 Å². The molecule has 1 saturated heterocycles. The minimum Gasteiger partial charge on any atom is -0.381 e. The summed E-state index contributed by atoms with van der Waals surface area (Å²) >= 11 is 0. The first kappa shape index (κ1) is 12.8. The quantitative estimate of drug-likeness (QED) is 0.902. The summed E-state index contributed by atoms with van der Waals surface area (Å²) in [7, 11) is 0. The van der Waals surface area contributed by atoms with Gasteiger partial charge in [0.05, 0.1) is 18.9 Å². The van der Waals surface area contributed by atoms with Crippen molar-refractivity contribution in [1.29, 1.82) is 0 Å². The van der Waals surface area contributed by atoms with Crippen LogP contribution in [-0.2, 0) is 22.5 Å². The van der Waals surface area contributed by atoms with E-state index in [9.17, 15) is 0 Å². The number of aromatic nitrogens is 2. The first-order chi connectivity index (χ1) is 9.38. The average molecular weight is 263 g/mol. The van der Waals surface area contributed by atoms with Crippen molar-refractivity contribution in [2.24, 2.45) is 0 Å². The maximum atomic E-state index is 5.53. The highest BCUT2D eigenvalue weighted by molar-refractivity contribution is 5.47. The molecule has 0 atom stereocenters. The second kappa shape index (κ2) is 5.84. The van der Waals surface area contributed by atoms with Gasteiger partial charge in [0, 0.05) is 37.7 Å². The Morgan fingerprint density at radius 2 is 2.00 bits per heavy atom. The molecule has 1 aromatic heterocycles. The monoisotopic (exact) mass is 263 g/mol. The zero-order valence-corrected chi connectivity index (χ0v) is 11.4. The molecular weight excluding hydrogens is 242 g/mol. The van der Waals surface area contributed by atoms with Crippen molar-refractivity contribution in [2.45, 2.75) is 38.7 Å². The lowest BCUT2D eigenvalue weighted by Gasteiger charge is -2.24. The number of fused-ring (bicyclic) bond motifs is 1. The predicted octanol–water partition coefficient (Wildman–Crippen LogP) is 1.88. The molecular formula is C14H21N3O2. The van der Waals surface area contributed by atoms with E-state index in [0.29, 0.717) is 12.5 Å². The van der Waals surface area contributed by atoms with E-state index in [1.807, 2.05) is 0 Å². The maximum absolute atomic E-state index is 5.53. The van der Waals surface area contributed by atoms with Crippen molar-refractivity contribution in [3.63, 3.8) is 0 Å². The SMILES string of the molecule is CCNc1nc(C2CCOCC2)nc2c1COCC2. The van der Waals surface area contributed by atoms with E-state index < -0.39 is 0 Å². The summed E-state index contributed by atoms with van der Waals surface area (Å²) in [6.07, 6.45) is 2.95. The Morgan fingerprint density at radius 3 is 2.79 bits per heavy atom. The van der Waals surface area contributed by atoms with Gasteiger partial charge in [0.2, 0.25) is 0 Å². The molecule has 0 aromatic carbocycles. The number of hydrogen-bond acceptors (Lipinski definition) is 5. The van der Waals surface area contributed by atoms with E-state index in [4.69, 9.17) is 19.4 Å². The van der Waals surface area contributed by atoms with Crippen molar-refractivity contribution >= 4 is 5.82 Å². The van der Waals surface area contributed by atoms with Gasteiger partial charge < -0.3 is 14.8 Å². The van der Waals surface area contributed by atoms with Crippen LogP contribution in [0.5, 0.6) is 0 Å². The summed E-state index contributed by atoms with van der Waals surface area (Å²) in [4.78, 5) is 9.53. The van der Waals surface area contributed by atoms with Crippen LogP contribution < -0.4 is 5.32 Å². The van der Waals surface area contributed by atoms with Crippen molar-refractivity contribution in [3.05, 3.63) is 17.1 Å². The minimum absolute atomic E-state index is 0.444. The van der Waals surface area contributed by atoms with Gasteiger partial charge in [-0.1, -0.05) is 0 Å². The molecule has 104 valence electrons. The second-order valence-corrected chi connectivity index (χ2v) is 5.08. The molecule has 1 N–H and O–H groups in total. The highest BCUT2D eigenvalue weighted by atomic mass is 16.5. The van der Waals surface area contributed by atoms with Crippen LogP contribution in [0, 0.1) is 0 Å². The van der Waals surface area contributed by atoms with E-state index in [1.54, 1.807) is 0 Å². The zero-order valence-electron chi connectivity index (χ0n) is 11.4. The summed E-state index contributed by atoms with van der Waals surface area (Å²) in [6, 6.07) is 0. The topological polar surface area (TPSA) is 56.3 Å². The molecule has 0 unspecified atom stereocenters. The number of ether oxygens (including phenoxy) is 2. The third-order valence-electron chi connectivity index (χ3n) is 3.77. The van der Waals surface area contributed by atoms with Gasteiger partial charge in [0.15, 0.2) is 0 Å². The smallest absolute Gasteiger partial charge is 0.135 e. The molecule has 3 heterocycles. The molecule has 5 heteroatoms. The van der Waals surface area contributed by atoms with Crippen molar-refractivity contribution in [2.75, 3.05) is 31.7 Å². The van der Waals surface area contributed by atoms with Gasteiger partial charge in [0.1, 0.15) is 11.6 Å². The summed E-state index contributed by atoms with van der Waals surface area (Å²) in [6.45, 7) is 6.01. The molecule has 2 aliphatic heterocycles. The van der Waals surface area contributed by atoms with Crippen molar-refractivity contribution in [3.8, 4) is 0 Å². The van der Waals surface area contributed by atoms with Crippen LogP contribution in [0.1, 0.15) is 42.8 Å². The Kier molecular flexibility index (Phi) is 3.94. The van der Waals surface area contributed by atoms with E-state index in [-0.39, 0.29) is 0 Å². The fourth-order valence-electron chi connectivity index (χ4n) is 2.70. The predicted molar refractivity (Wildman–Crippen MR) is 72.3 cm³/mol. The van der Waals surface area contributed by atoms with Gasteiger partial charge in [-0.15, -0.1) is 0 Å². The molecule has 0 radical (unpaired) electrons. The lowest BCUT2D eigenvalue weighted by Crippen LogP contribution is -2.22. The molecule has 0 amide bonds. The van der Waals surface area contributed by atoms with Gasteiger partial charge in [-0.05, 0) is 19.8 Å². The number of rotatable bonds is 3. The maximum Gasteiger partial charge on any atom is 0.135 e. The Bertz CT molecular complexity index is 445. The van der Waals surface area contributed by atoms with Gasteiger partial charge in [-0.3, -0.25) is 0 Å². The largest absolute Gasteiger partial charge is 0.381 e. The molecule has 5 nitrogen and oxygen atoms in total. The van der Waals surface area contributed by atoms with Gasteiger partial charge >= 0.3 is 0 Å². The van der Waals surface area contributed by atoms with E-state index in [2.05, 4.69) is 12.2 Å². The molecule has 0 bridgehead atoms. The van der Waals surface area contributed by atoms with Crippen LogP contribution in [0.4, 0.5) is 5.82 Å². The third-order valence-corrected chi connectivity index (χ3v) is 3.77. The third kappa shape index (κ3) is 2.72. The highest BCUT2D eigenvalue weighted by Crippen LogP contribution is 2.29. The second-order valence-electron chi connectivity index (χ2n) is 5.08. The van der Waals surface area contributed by atoms with Gasteiger partial charge in [-0.2, -0.15) is 0 Å². The fraction of sp³-hybridized carbons (Fsp3) is 0.714. The molecule has 19 heavy (non-hydrogen) atoms. The van der Waals surface area contributed by atoms with Crippen LogP contribution in [0.3, 0.4) is 0 Å². The Balaban J connectivity index is 1.93. The lowest BCUT2D eigenvalue weighted by atomic mass is 9.98. The summed E-state index contributed by atoms with van der Waals surface area (Å²) in [5.41, 5.74) is 2.31. The zero-order chi connectivity index (χ0) is 13.1. The summed E-state index contributed by atoms with van der Waals surface area (Å²) < 4.78 is 10.9. The minimum atomic E-state index is 0.444. The molecule has 0 aliphatic carbocycles. The fourth-order valence-corrected chi connectivity index (χ4v) is 2.70. The Morgan fingerprint density at radius 1 is 1.16 bits per heavy atom. The molecule has 1 aromatic rings. The number of hydrogen-bond donors (Lipinski definition) is 1. The van der Waals surface area contributed by atoms with Gasteiger partial charge in [-0.25, -0.2) is 9.97 Å². The summed E-state index contributed by atoms with van der Waals surface area (Å²) in [5, 5.41) is 3.35. The first-order valence-electron chi connectivity index (χ1n) is 7.17. The normalized spacial score (nSPS) is 20.1. The number of anilines is 1. The van der Waals surface area contributed by atoms with E-state index in [0.717, 1.165) is 62.8 Å². The van der Waals surface area contributed by atoms with Crippen LogP contribution >= 0.6 is 0 Å². The number of nitrogens with one attached hydrogen (secondary N) is 1. The van der Waals surface area contributed by atoms with E-state index in [1.165, 1.54) is 5.69 Å². The first-order valence-corrected chi connectivity index (χ1v) is 7.17. The molecule has 2 aliphatic rings. The highest BCUT2D eigenvalue weighted by Gasteiger charge is 2.23. The molecule has 1 fully saturated rings. The van der Waals surface area contributed by atoms with E-state index >= 15 is 0 Å². The average Bonchev–Trinajstić information content (AvgIpc) is 2.48. The molecule has 0 spiro atoms. The van der Waals surface area contributed by atoms with Crippen LogP contribution in [0.15, 0.2) is 0 Å². The van der Waals surface area contributed by atoms with Crippen LogP contribution in [0.2, 0.25) is 0 Å².